The van der Waals surface area contributed by atoms with E-state index < -0.39 is 17.8 Å². The molecule has 6 heteroatoms. The van der Waals surface area contributed by atoms with Gasteiger partial charge in [-0.05, 0) is 26.0 Å². The molecule has 5 nitrogen and oxygen atoms in total. The molecule has 1 aromatic heterocycles. The summed E-state index contributed by atoms with van der Waals surface area (Å²) in [4.78, 5) is 27.5. The van der Waals surface area contributed by atoms with E-state index in [4.69, 9.17) is 5.73 Å². The fourth-order valence-corrected chi connectivity index (χ4v) is 1.32. The summed E-state index contributed by atoms with van der Waals surface area (Å²) in [5, 5.41) is 0. The molecule has 17 heavy (non-hydrogen) atoms. The normalized spacial score (nSPS) is 10.4. The Labute approximate surface area is 98.4 Å². The summed E-state index contributed by atoms with van der Waals surface area (Å²) in [6.45, 7) is 3.35. The van der Waals surface area contributed by atoms with E-state index in [-0.39, 0.29) is 18.2 Å². The summed E-state index contributed by atoms with van der Waals surface area (Å²) in [6, 6.07) is 2.23. The zero-order chi connectivity index (χ0) is 13.0. The largest absolute Gasteiger partial charge is 0.368 e. The van der Waals surface area contributed by atoms with Crippen LogP contribution in [0.1, 0.15) is 24.2 Å². The van der Waals surface area contributed by atoms with Crippen molar-refractivity contribution in [1.82, 2.24) is 9.88 Å². The third kappa shape index (κ3) is 3.51. The number of carbonyl (C=O) groups excluding carboxylic acids is 2. The van der Waals surface area contributed by atoms with Gasteiger partial charge in [-0.15, -0.1) is 0 Å². The number of hydrogen-bond donors (Lipinski definition) is 1. The van der Waals surface area contributed by atoms with Crippen molar-refractivity contribution in [1.29, 1.82) is 0 Å². The van der Waals surface area contributed by atoms with Crippen LogP contribution in [0, 0.1) is 5.95 Å². The molecule has 0 radical (unpaired) electrons. The van der Waals surface area contributed by atoms with Gasteiger partial charge < -0.3 is 10.6 Å². The molecule has 0 aliphatic carbocycles. The monoisotopic (exact) mass is 239 g/mol. The summed E-state index contributed by atoms with van der Waals surface area (Å²) in [7, 11) is 0. The molecular weight excluding hydrogens is 225 g/mol. The Morgan fingerprint density at radius 3 is 2.53 bits per heavy atom. The Balaban J connectivity index is 2.91. The predicted molar refractivity (Wildman–Crippen MR) is 59.6 cm³/mol. The second-order valence-corrected chi connectivity index (χ2v) is 3.86. The van der Waals surface area contributed by atoms with Crippen LogP contribution in [0.4, 0.5) is 4.39 Å². The SMILES string of the molecule is CC(C)N(CC(N)=O)C(=O)c1ccc(F)nc1. The van der Waals surface area contributed by atoms with E-state index in [0.717, 1.165) is 12.3 Å². The van der Waals surface area contributed by atoms with E-state index in [1.165, 1.54) is 11.0 Å². The lowest BCUT2D eigenvalue weighted by atomic mass is 10.2. The van der Waals surface area contributed by atoms with Crippen LogP contribution >= 0.6 is 0 Å². The van der Waals surface area contributed by atoms with Crippen molar-refractivity contribution in [3.05, 3.63) is 29.8 Å². The van der Waals surface area contributed by atoms with Gasteiger partial charge in [0.25, 0.3) is 5.91 Å². The number of carbonyl (C=O) groups is 2. The Morgan fingerprint density at radius 1 is 1.47 bits per heavy atom. The minimum atomic E-state index is -0.660. The molecule has 0 saturated carbocycles. The highest BCUT2D eigenvalue weighted by molar-refractivity contribution is 5.96. The highest BCUT2D eigenvalue weighted by atomic mass is 19.1. The van der Waals surface area contributed by atoms with Crippen LogP contribution in [0.25, 0.3) is 0 Å². The maximum Gasteiger partial charge on any atom is 0.256 e. The molecule has 0 aliphatic heterocycles. The van der Waals surface area contributed by atoms with Crippen molar-refractivity contribution in [2.45, 2.75) is 19.9 Å². The lowest BCUT2D eigenvalue weighted by Crippen LogP contribution is -2.42. The molecule has 0 unspecified atom stereocenters. The molecule has 1 rings (SSSR count). The Bertz CT molecular complexity index is 417. The molecule has 1 heterocycles. The summed E-state index contributed by atoms with van der Waals surface area (Å²) in [6.07, 6.45) is 1.13. The topological polar surface area (TPSA) is 76.3 Å². The Kier molecular flexibility index (Phi) is 4.14. The number of pyridine rings is 1. The second-order valence-electron chi connectivity index (χ2n) is 3.86. The molecule has 0 spiro atoms. The van der Waals surface area contributed by atoms with Crippen molar-refractivity contribution in [2.24, 2.45) is 5.73 Å². The minimum Gasteiger partial charge on any atom is -0.368 e. The van der Waals surface area contributed by atoms with Gasteiger partial charge in [-0.2, -0.15) is 4.39 Å². The van der Waals surface area contributed by atoms with Crippen LogP contribution in [0.3, 0.4) is 0 Å². The molecule has 0 aromatic carbocycles. The molecule has 0 bridgehead atoms. The molecule has 1 aromatic rings. The Morgan fingerprint density at radius 2 is 2.12 bits per heavy atom. The van der Waals surface area contributed by atoms with Gasteiger partial charge in [-0.1, -0.05) is 0 Å². The maximum atomic E-state index is 12.6. The number of amides is 2. The lowest BCUT2D eigenvalue weighted by Gasteiger charge is -2.25. The first-order valence-corrected chi connectivity index (χ1v) is 5.12. The van der Waals surface area contributed by atoms with Gasteiger partial charge >= 0.3 is 0 Å². The fourth-order valence-electron chi connectivity index (χ4n) is 1.32. The van der Waals surface area contributed by atoms with Crippen LogP contribution in [0.5, 0.6) is 0 Å². The molecule has 2 amide bonds. The first-order chi connectivity index (χ1) is 7.91. The molecule has 0 saturated heterocycles. The number of hydrogen-bond acceptors (Lipinski definition) is 3. The number of primary amides is 1. The number of nitrogens with zero attached hydrogens (tertiary/aromatic N) is 2. The second kappa shape index (κ2) is 5.38. The first-order valence-electron chi connectivity index (χ1n) is 5.12. The van der Waals surface area contributed by atoms with Crippen molar-refractivity contribution in [3.63, 3.8) is 0 Å². The van der Waals surface area contributed by atoms with Crippen LogP contribution in [0.2, 0.25) is 0 Å². The number of halogens is 1. The smallest absolute Gasteiger partial charge is 0.256 e. The van der Waals surface area contributed by atoms with Gasteiger partial charge in [0.1, 0.15) is 0 Å². The highest BCUT2D eigenvalue weighted by Crippen LogP contribution is 2.07. The number of aromatic nitrogens is 1. The number of nitrogens with two attached hydrogens (primary N) is 1. The zero-order valence-corrected chi connectivity index (χ0v) is 9.68. The lowest BCUT2D eigenvalue weighted by molar-refractivity contribution is -0.119. The van der Waals surface area contributed by atoms with Gasteiger partial charge in [0.05, 0.1) is 12.1 Å². The van der Waals surface area contributed by atoms with Gasteiger partial charge in [0, 0.05) is 12.2 Å². The molecule has 0 fully saturated rings. The highest BCUT2D eigenvalue weighted by Gasteiger charge is 2.20. The zero-order valence-electron chi connectivity index (χ0n) is 9.68. The van der Waals surface area contributed by atoms with E-state index in [1.807, 2.05) is 0 Å². The van der Waals surface area contributed by atoms with Gasteiger partial charge in [0.2, 0.25) is 11.9 Å². The van der Waals surface area contributed by atoms with E-state index in [9.17, 15) is 14.0 Å². The van der Waals surface area contributed by atoms with Crippen molar-refractivity contribution < 1.29 is 14.0 Å². The summed E-state index contributed by atoms with van der Waals surface area (Å²) in [5.41, 5.74) is 5.29. The quantitative estimate of drug-likeness (QED) is 0.780. The van der Waals surface area contributed by atoms with Crippen molar-refractivity contribution >= 4 is 11.8 Å². The standard InChI is InChI=1S/C11H14FN3O2/c1-7(2)15(6-10(13)16)11(17)8-3-4-9(12)14-5-8/h3-5,7H,6H2,1-2H3,(H2,13,16). The van der Waals surface area contributed by atoms with Crippen LogP contribution in [0.15, 0.2) is 18.3 Å². The van der Waals surface area contributed by atoms with Crippen molar-refractivity contribution in [2.75, 3.05) is 6.54 Å². The van der Waals surface area contributed by atoms with Crippen LogP contribution in [-0.2, 0) is 4.79 Å². The van der Waals surface area contributed by atoms with E-state index in [2.05, 4.69) is 4.98 Å². The average molecular weight is 239 g/mol. The summed E-state index contributed by atoms with van der Waals surface area (Å²) < 4.78 is 12.6. The molecule has 2 N–H and O–H groups in total. The fraction of sp³-hybridized carbons (Fsp3) is 0.364. The Hall–Kier alpha value is -1.98. The van der Waals surface area contributed by atoms with Gasteiger partial charge in [-0.25, -0.2) is 4.98 Å². The third-order valence-electron chi connectivity index (χ3n) is 2.18. The van der Waals surface area contributed by atoms with E-state index >= 15 is 0 Å². The van der Waals surface area contributed by atoms with Crippen LogP contribution < -0.4 is 5.73 Å². The molecular formula is C11H14FN3O2. The third-order valence-corrected chi connectivity index (χ3v) is 2.18. The molecule has 0 atom stereocenters. The minimum absolute atomic E-state index is 0.173. The maximum absolute atomic E-state index is 12.6. The molecule has 92 valence electrons. The summed E-state index contributed by atoms with van der Waals surface area (Å²) in [5.74, 6) is -1.65. The van der Waals surface area contributed by atoms with Gasteiger partial charge in [0.15, 0.2) is 0 Å². The predicted octanol–water partition coefficient (Wildman–Crippen LogP) is 0.557. The van der Waals surface area contributed by atoms with Gasteiger partial charge in [-0.3, -0.25) is 9.59 Å². The molecule has 0 aliphatic rings. The van der Waals surface area contributed by atoms with Crippen molar-refractivity contribution in [3.8, 4) is 0 Å². The average Bonchev–Trinajstić information content (AvgIpc) is 2.25. The first kappa shape index (κ1) is 13.1. The summed E-state index contributed by atoms with van der Waals surface area (Å²) >= 11 is 0. The van der Waals surface area contributed by atoms with E-state index in [1.54, 1.807) is 13.8 Å². The van der Waals surface area contributed by atoms with E-state index in [0.29, 0.717) is 0 Å². The number of rotatable bonds is 4. The van der Waals surface area contributed by atoms with Crippen LogP contribution in [-0.4, -0.2) is 34.3 Å².